The SMILES string of the molecule is CN(C)c1ccc(C2=CC(c3ccc(C(=O)O)cc3)=CC(c3ccc(N(C)C)cc3)O2)cc1.CN(C)c1ccc(C=O)cc1.O=Cc1ccc(C(=O)O)cc1. The van der Waals surface area contributed by atoms with Crippen LogP contribution in [-0.4, -0.2) is 77.0 Å². The number of aldehydes is 2. The first kappa shape index (κ1) is 40.8. The maximum absolute atomic E-state index is 11.3. The molecule has 1 atom stereocenters. The van der Waals surface area contributed by atoms with Gasteiger partial charge in [-0.05, 0) is 114 Å². The number of carbonyl (C=O) groups excluding carboxylic acids is 2. The lowest BCUT2D eigenvalue weighted by molar-refractivity contribution is 0.0686. The van der Waals surface area contributed by atoms with E-state index in [0.29, 0.717) is 11.8 Å². The molecule has 10 nitrogen and oxygen atoms in total. The van der Waals surface area contributed by atoms with Crippen molar-refractivity contribution in [3.8, 4) is 0 Å². The van der Waals surface area contributed by atoms with E-state index in [-0.39, 0.29) is 17.2 Å². The summed E-state index contributed by atoms with van der Waals surface area (Å²) >= 11 is 0. The molecule has 10 heteroatoms. The molecule has 1 aliphatic rings. The van der Waals surface area contributed by atoms with Gasteiger partial charge in [0.2, 0.25) is 0 Å². The van der Waals surface area contributed by atoms with Gasteiger partial charge in [-0.15, -0.1) is 0 Å². The van der Waals surface area contributed by atoms with Crippen LogP contribution < -0.4 is 14.7 Å². The zero-order chi connectivity index (χ0) is 40.1. The van der Waals surface area contributed by atoms with E-state index in [2.05, 4.69) is 64.4 Å². The summed E-state index contributed by atoms with van der Waals surface area (Å²) in [6.45, 7) is 0. The number of carboxylic acid groups (broad SMARTS) is 2. The predicted molar refractivity (Wildman–Crippen MR) is 220 cm³/mol. The quantitative estimate of drug-likeness (QED) is 0.135. The lowest BCUT2D eigenvalue weighted by Crippen LogP contribution is -2.10. The highest BCUT2D eigenvalue weighted by atomic mass is 16.5. The van der Waals surface area contributed by atoms with Crippen LogP contribution in [0.2, 0.25) is 0 Å². The molecule has 0 saturated carbocycles. The van der Waals surface area contributed by atoms with Crippen molar-refractivity contribution in [1.82, 2.24) is 0 Å². The Kier molecular flexibility index (Phi) is 14.3. The summed E-state index contributed by atoms with van der Waals surface area (Å²) in [4.78, 5) is 48.1. The normalized spacial score (nSPS) is 12.8. The largest absolute Gasteiger partial charge is 0.481 e. The summed E-state index contributed by atoms with van der Waals surface area (Å²) in [6.07, 6.45) is 5.36. The Labute approximate surface area is 321 Å². The first-order valence-electron chi connectivity index (χ1n) is 17.3. The van der Waals surface area contributed by atoms with Gasteiger partial charge in [-0.2, -0.15) is 0 Å². The molecule has 0 fully saturated rings. The second-order valence-electron chi connectivity index (χ2n) is 13.1. The number of nitrogens with zero attached hydrogens (tertiary/aromatic N) is 3. The molecule has 1 heterocycles. The number of anilines is 3. The molecule has 0 amide bonds. The van der Waals surface area contributed by atoms with Gasteiger partial charge in [-0.1, -0.05) is 36.4 Å². The van der Waals surface area contributed by atoms with E-state index in [1.165, 1.54) is 24.3 Å². The Bertz CT molecular complexity index is 2120. The Balaban J connectivity index is 0.000000248. The molecular formula is C45H45N3O7. The van der Waals surface area contributed by atoms with Gasteiger partial charge < -0.3 is 29.6 Å². The van der Waals surface area contributed by atoms with Gasteiger partial charge in [0.1, 0.15) is 24.4 Å². The fraction of sp³-hybridized carbons (Fsp3) is 0.156. The molecule has 5 aromatic rings. The number of carbonyl (C=O) groups is 4. The Morgan fingerprint density at radius 1 is 0.527 bits per heavy atom. The molecule has 0 spiro atoms. The molecule has 0 bridgehead atoms. The standard InChI is InChI=1S/C28H28N2O3.C9H11NO.C8H6O3/c1-29(2)24-13-9-20(10-14-24)26-17-23(19-5-7-22(8-6-19)28(31)32)18-27(33-26)21-11-15-25(16-12-21)30(3)4;1-10(2)9-5-3-8(7-11)4-6-9;9-5-6-1-3-7(4-2-6)8(10)11/h5-18,26H,1-4H3,(H,31,32);3-7H,1-2H3;1-5H,(H,10,11). The Morgan fingerprint density at radius 2 is 0.891 bits per heavy atom. The summed E-state index contributed by atoms with van der Waals surface area (Å²) in [6, 6.07) is 36.7. The molecule has 0 saturated heterocycles. The van der Waals surface area contributed by atoms with Gasteiger partial charge in [0.05, 0.1) is 11.1 Å². The highest BCUT2D eigenvalue weighted by molar-refractivity contribution is 5.90. The minimum absolute atomic E-state index is 0.190. The lowest BCUT2D eigenvalue weighted by atomic mass is 9.95. The van der Waals surface area contributed by atoms with Gasteiger partial charge in [-0.3, -0.25) is 9.59 Å². The topological polar surface area (TPSA) is 128 Å². The van der Waals surface area contributed by atoms with Gasteiger partial charge in [0.25, 0.3) is 0 Å². The van der Waals surface area contributed by atoms with Crippen molar-refractivity contribution in [1.29, 1.82) is 0 Å². The zero-order valence-electron chi connectivity index (χ0n) is 31.7. The van der Waals surface area contributed by atoms with E-state index in [9.17, 15) is 24.3 Å². The summed E-state index contributed by atoms with van der Waals surface area (Å²) in [5.74, 6) is -1.14. The third-order valence-corrected chi connectivity index (χ3v) is 8.58. The van der Waals surface area contributed by atoms with Crippen LogP contribution >= 0.6 is 0 Å². The number of hydrogen-bond acceptors (Lipinski definition) is 8. The summed E-state index contributed by atoms with van der Waals surface area (Å²) < 4.78 is 6.44. The van der Waals surface area contributed by atoms with E-state index >= 15 is 0 Å². The number of ether oxygens (including phenoxy) is 1. The number of hydrogen-bond donors (Lipinski definition) is 2. The van der Waals surface area contributed by atoms with Crippen molar-refractivity contribution in [2.45, 2.75) is 6.10 Å². The van der Waals surface area contributed by atoms with E-state index in [1.54, 1.807) is 12.1 Å². The lowest BCUT2D eigenvalue weighted by Gasteiger charge is -2.25. The van der Waals surface area contributed by atoms with Crippen molar-refractivity contribution in [3.63, 3.8) is 0 Å². The highest BCUT2D eigenvalue weighted by Crippen LogP contribution is 2.37. The molecule has 6 rings (SSSR count). The van der Waals surface area contributed by atoms with Crippen LogP contribution in [0.15, 0.2) is 133 Å². The van der Waals surface area contributed by atoms with Crippen molar-refractivity contribution in [2.24, 2.45) is 0 Å². The summed E-state index contributed by atoms with van der Waals surface area (Å²) in [5.41, 5.74) is 8.98. The average molecular weight is 740 g/mol. The predicted octanol–water partition coefficient (Wildman–Crippen LogP) is 8.48. The zero-order valence-corrected chi connectivity index (χ0v) is 31.7. The van der Waals surface area contributed by atoms with Gasteiger partial charge in [-0.25, -0.2) is 9.59 Å². The van der Waals surface area contributed by atoms with Crippen LogP contribution in [0.3, 0.4) is 0 Å². The van der Waals surface area contributed by atoms with E-state index in [1.807, 2.05) is 89.7 Å². The maximum Gasteiger partial charge on any atom is 0.335 e. The molecule has 55 heavy (non-hydrogen) atoms. The van der Waals surface area contributed by atoms with E-state index in [4.69, 9.17) is 9.84 Å². The second-order valence-corrected chi connectivity index (χ2v) is 13.1. The molecular weight excluding hydrogens is 695 g/mol. The molecule has 0 radical (unpaired) electrons. The van der Waals surface area contributed by atoms with Crippen molar-refractivity contribution in [2.75, 3.05) is 57.0 Å². The molecule has 1 aliphatic heterocycles. The third kappa shape index (κ3) is 11.5. The molecule has 2 N–H and O–H groups in total. The molecule has 0 aromatic heterocycles. The second kappa shape index (κ2) is 19.2. The van der Waals surface area contributed by atoms with Crippen LogP contribution in [0.5, 0.6) is 0 Å². The molecule has 5 aromatic carbocycles. The fourth-order valence-corrected chi connectivity index (χ4v) is 5.30. The van der Waals surface area contributed by atoms with Crippen LogP contribution in [0.1, 0.15) is 64.2 Å². The van der Waals surface area contributed by atoms with E-state index < -0.39 is 11.9 Å². The van der Waals surface area contributed by atoms with Crippen LogP contribution in [-0.2, 0) is 4.74 Å². The Hall–Kier alpha value is -6.94. The first-order valence-corrected chi connectivity index (χ1v) is 17.3. The smallest absolute Gasteiger partial charge is 0.335 e. The van der Waals surface area contributed by atoms with Crippen LogP contribution in [0.25, 0.3) is 11.3 Å². The van der Waals surface area contributed by atoms with Gasteiger partial charge in [0.15, 0.2) is 0 Å². The average Bonchev–Trinajstić information content (AvgIpc) is 3.21. The maximum atomic E-state index is 11.3. The first-order chi connectivity index (χ1) is 26.3. The highest BCUT2D eigenvalue weighted by Gasteiger charge is 2.21. The Morgan fingerprint density at radius 3 is 1.29 bits per heavy atom. The fourth-order valence-electron chi connectivity index (χ4n) is 5.30. The monoisotopic (exact) mass is 739 g/mol. The number of carboxylic acids is 2. The molecule has 0 aliphatic carbocycles. The van der Waals surface area contributed by atoms with E-state index in [0.717, 1.165) is 56.9 Å². The third-order valence-electron chi connectivity index (χ3n) is 8.58. The van der Waals surface area contributed by atoms with Crippen molar-refractivity contribution < 1.29 is 34.1 Å². The minimum atomic E-state index is -0.984. The number of allylic oxidation sites excluding steroid dienone is 2. The number of rotatable bonds is 10. The number of benzene rings is 5. The molecule has 1 unspecified atom stereocenters. The molecule has 282 valence electrons. The van der Waals surface area contributed by atoms with Crippen LogP contribution in [0, 0.1) is 0 Å². The van der Waals surface area contributed by atoms with Gasteiger partial charge >= 0.3 is 11.9 Å². The summed E-state index contributed by atoms with van der Waals surface area (Å²) in [7, 11) is 12.0. The van der Waals surface area contributed by atoms with Crippen molar-refractivity contribution in [3.05, 3.63) is 172 Å². The van der Waals surface area contributed by atoms with Crippen molar-refractivity contribution >= 4 is 52.9 Å². The van der Waals surface area contributed by atoms with Gasteiger partial charge in [0, 0.05) is 76.0 Å². The van der Waals surface area contributed by atoms with Crippen LogP contribution in [0.4, 0.5) is 17.1 Å². The number of aromatic carboxylic acids is 2. The summed E-state index contributed by atoms with van der Waals surface area (Å²) in [5, 5.41) is 17.7. The minimum Gasteiger partial charge on any atom is -0.481 e.